The van der Waals surface area contributed by atoms with Crippen LogP contribution in [-0.2, 0) is 0 Å². The monoisotopic (exact) mass is 309 g/mol. The van der Waals surface area contributed by atoms with E-state index in [4.69, 9.17) is 11.6 Å². The third-order valence-corrected chi connectivity index (χ3v) is 3.09. The average Bonchev–Trinajstić information content (AvgIpc) is 2.49. The van der Waals surface area contributed by atoms with E-state index >= 15 is 0 Å². The highest BCUT2D eigenvalue weighted by Gasteiger charge is 2.20. The standard InChI is InChI=1S/C16H16ClNO.ClH/c17-11-12-18-15(13-7-3-1-4-8-13)16(19)14-9-5-2-6-10-14;/h1-10,15,18H,11-12H2;1H. The van der Waals surface area contributed by atoms with Crippen molar-refractivity contribution in [3.8, 4) is 0 Å². The van der Waals surface area contributed by atoms with Crippen molar-refractivity contribution < 1.29 is 4.79 Å². The summed E-state index contributed by atoms with van der Waals surface area (Å²) in [6, 6.07) is 18.7. The van der Waals surface area contributed by atoms with E-state index in [9.17, 15) is 4.79 Å². The molecule has 0 aliphatic rings. The van der Waals surface area contributed by atoms with Gasteiger partial charge < -0.3 is 5.32 Å². The Balaban J connectivity index is 0.00000200. The first-order valence-electron chi connectivity index (χ1n) is 6.26. The lowest BCUT2D eigenvalue weighted by molar-refractivity contribution is 0.0944. The summed E-state index contributed by atoms with van der Waals surface area (Å²) in [6.07, 6.45) is 0. The van der Waals surface area contributed by atoms with Gasteiger partial charge in [-0.3, -0.25) is 4.79 Å². The molecule has 0 radical (unpaired) electrons. The van der Waals surface area contributed by atoms with Crippen LogP contribution in [0.25, 0.3) is 0 Å². The third kappa shape index (κ3) is 4.34. The van der Waals surface area contributed by atoms with Gasteiger partial charge in [0.15, 0.2) is 5.78 Å². The van der Waals surface area contributed by atoms with Gasteiger partial charge in [0.05, 0.1) is 6.04 Å². The van der Waals surface area contributed by atoms with E-state index in [-0.39, 0.29) is 24.2 Å². The molecule has 20 heavy (non-hydrogen) atoms. The van der Waals surface area contributed by atoms with Gasteiger partial charge in [-0.15, -0.1) is 24.0 Å². The highest BCUT2D eigenvalue weighted by atomic mass is 35.5. The highest BCUT2D eigenvalue weighted by Crippen LogP contribution is 2.18. The number of ketones is 1. The Kier molecular flexibility index (Phi) is 7.31. The van der Waals surface area contributed by atoms with Crippen LogP contribution in [0.3, 0.4) is 0 Å². The van der Waals surface area contributed by atoms with Gasteiger partial charge in [-0.25, -0.2) is 0 Å². The van der Waals surface area contributed by atoms with Crippen LogP contribution in [0.2, 0.25) is 0 Å². The van der Waals surface area contributed by atoms with Crippen LogP contribution in [0, 0.1) is 0 Å². The van der Waals surface area contributed by atoms with Crippen molar-refractivity contribution in [2.75, 3.05) is 12.4 Å². The number of rotatable bonds is 6. The molecule has 2 aromatic rings. The van der Waals surface area contributed by atoms with Gasteiger partial charge in [0.1, 0.15) is 0 Å². The number of alkyl halides is 1. The van der Waals surface area contributed by atoms with E-state index in [1.165, 1.54) is 0 Å². The molecule has 0 fully saturated rings. The lowest BCUT2D eigenvalue weighted by atomic mass is 9.97. The predicted octanol–water partition coefficient (Wildman–Crippen LogP) is 3.86. The van der Waals surface area contributed by atoms with Gasteiger partial charge in [-0.1, -0.05) is 60.7 Å². The van der Waals surface area contributed by atoms with Crippen LogP contribution in [-0.4, -0.2) is 18.2 Å². The summed E-state index contributed by atoms with van der Waals surface area (Å²) in [5.74, 6) is 0.544. The van der Waals surface area contributed by atoms with Gasteiger partial charge in [-0.05, 0) is 5.56 Å². The second-order valence-electron chi connectivity index (χ2n) is 4.22. The summed E-state index contributed by atoms with van der Waals surface area (Å²) in [5, 5.41) is 3.20. The minimum atomic E-state index is -0.345. The Morgan fingerprint density at radius 3 is 2.10 bits per heavy atom. The molecule has 0 spiro atoms. The average molecular weight is 310 g/mol. The van der Waals surface area contributed by atoms with Gasteiger partial charge in [0.25, 0.3) is 0 Å². The highest BCUT2D eigenvalue weighted by molar-refractivity contribution is 6.18. The predicted molar refractivity (Wildman–Crippen MR) is 85.9 cm³/mol. The molecule has 106 valence electrons. The van der Waals surface area contributed by atoms with Crippen LogP contribution in [0.4, 0.5) is 0 Å². The zero-order valence-electron chi connectivity index (χ0n) is 11.0. The van der Waals surface area contributed by atoms with Gasteiger partial charge in [-0.2, -0.15) is 0 Å². The first kappa shape index (κ1) is 16.7. The first-order chi connectivity index (χ1) is 9.33. The van der Waals surface area contributed by atoms with Crippen LogP contribution >= 0.6 is 24.0 Å². The number of benzene rings is 2. The van der Waals surface area contributed by atoms with Crippen molar-refractivity contribution in [3.63, 3.8) is 0 Å². The second kappa shape index (κ2) is 8.75. The molecule has 1 unspecified atom stereocenters. The van der Waals surface area contributed by atoms with E-state index in [0.717, 1.165) is 5.56 Å². The third-order valence-electron chi connectivity index (χ3n) is 2.90. The lowest BCUT2D eigenvalue weighted by Crippen LogP contribution is -2.30. The van der Waals surface area contributed by atoms with Crippen LogP contribution in [0.5, 0.6) is 0 Å². The Hall–Kier alpha value is -1.35. The summed E-state index contributed by atoms with van der Waals surface area (Å²) >= 11 is 5.71. The normalized spacial score (nSPS) is 11.4. The van der Waals surface area contributed by atoms with Gasteiger partial charge in [0, 0.05) is 18.0 Å². The maximum atomic E-state index is 12.5. The zero-order chi connectivity index (χ0) is 13.5. The molecule has 0 aliphatic heterocycles. The molecule has 2 nitrogen and oxygen atoms in total. The van der Waals surface area contributed by atoms with E-state index < -0.39 is 0 Å². The summed E-state index contributed by atoms with van der Waals surface area (Å²) in [5.41, 5.74) is 1.67. The van der Waals surface area contributed by atoms with Crippen molar-refractivity contribution in [2.45, 2.75) is 6.04 Å². The van der Waals surface area contributed by atoms with Gasteiger partial charge in [0.2, 0.25) is 0 Å². The second-order valence-corrected chi connectivity index (χ2v) is 4.60. The Morgan fingerprint density at radius 2 is 1.55 bits per heavy atom. The maximum Gasteiger partial charge on any atom is 0.184 e. The molecule has 0 saturated heterocycles. The fourth-order valence-electron chi connectivity index (χ4n) is 1.98. The number of hydrogen-bond donors (Lipinski definition) is 1. The largest absolute Gasteiger partial charge is 0.302 e. The minimum absolute atomic E-state index is 0. The topological polar surface area (TPSA) is 29.1 Å². The molecule has 0 aliphatic carbocycles. The fourth-order valence-corrected chi connectivity index (χ4v) is 2.08. The van der Waals surface area contributed by atoms with Crippen LogP contribution < -0.4 is 5.32 Å². The summed E-state index contributed by atoms with van der Waals surface area (Å²) in [6.45, 7) is 0.597. The van der Waals surface area contributed by atoms with E-state index in [1.54, 1.807) is 0 Å². The Bertz CT molecular complexity index is 517. The molecule has 0 heterocycles. The van der Waals surface area contributed by atoms with Crippen LogP contribution in [0.15, 0.2) is 60.7 Å². The number of carbonyl (C=O) groups is 1. The van der Waals surface area contributed by atoms with E-state index in [1.807, 2.05) is 60.7 Å². The summed E-state index contributed by atoms with van der Waals surface area (Å²) < 4.78 is 0. The van der Waals surface area contributed by atoms with Crippen LogP contribution in [0.1, 0.15) is 22.0 Å². The van der Waals surface area contributed by atoms with Gasteiger partial charge >= 0.3 is 0 Å². The van der Waals surface area contributed by atoms with Crippen molar-refractivity contribution >= 4 is 29.8 Å². The van der Waals surface area contributed by atoms with Crippen molar-refractivity contribution in [2.24, 2.45) is 0 Å². The number of nitrogens with one attached hydrogen (secondary N) is 1. The molecular weight excluding hydrogens is 293 g/mol. The molecule has 2 rings (SSSR count). The molecule has 1 atom stereocenters. The molecular formula is C16H17Cl2NO. The molecule has 0 amide bonds. The number of carbonyl (C=O) groups excluding carboxylic acids is 1. The quantitative estimate of drug-likeness (QED) is 0.648. The lowest BCUT2D eigenvalue weighted by Gasteiger charge is -2.17. The molecule has 4 heteroatoms. The molecule has 0 saturated carbocycles. The SMILES string of the molecule is Cl.O=C(c1ccccc1)C(NCCCl)c1ccccc1. The smallest absolute Gasteiger partial charge is 0.184 e. The first-order valence-corrected chi connectivity index (χ1v) is 6.80. The molecule has 1 N–H and O–H groups in total. The fraction of sp³-hybridized carbons (Fsp3) is 0.188. The Morgan fingerprint density at radius 1 is 1.00 bits per heavy atom. The summed E-state index contributed by atoms with van der Waals surface area (Å²) in [4.78, 5) is 12.5. The maximum absolute atomic E-state index is 12.5. The minimum Gasteiger partial charge on any atom is -0.302 e. The zero-order valence-corrected chi connectivity index (χ0v) is 12.5. The summed E-state index contributed by atoms with van der Waals surface area (Å²) in [7, 11) is 0. The Labute approximate surface area is 130 Å². The van der Waals surface area contributed by atoms with Crippen molar-refractivity contribution in [1.29, 1.82) is 0 Å². The number of Topliss-reactive ketones (excluding diaryl/α,β-unsaturated/α-hetero) is 1. The van der Waals surface area contributed by atoms with E-state index in [2.05, 4.69) is 5.32 Å². The van der Waals surface area contributed by atoms with Crippen molar-refractivity contribution in [3.05, 3.63) is 71.8 Å². The van der Waals surface area contributed by atoms with Crippen molar-refractivity contribution in [1.82, 2.24) is 5.32 Å². The van der Waals surface area contributed by atoms with E-state index in [0.29, 0.717) is 18.0 Å². The number of hydrogen-bond acceptors (Lipinski definition) is 2. The molecule has 0 aromatic heterocycles. The number of halogens is 2. The molecule has 2 aromatic carbocycles. The molecule has 0 bridgehead atoms.